The van der Waals surface area contributed by atoms with Crippen molar-refractivity contribution < 1.29 is 9.59 Å². The van der Waals surface area contributed by atoms with Crippen molar-refractivity contribution >= 4 is 23.6 Å². The Morgan fingerprint density at radius 2 is 1.69 bits per heavy atom. The Morgan fingerprint density at radius 3 is 2.34 bits per heavy atom. The summed E-state index contributed by atoms with van der Waals surface area (Å²) in [6.07, 6.45) is 1.25. The lowest BCUT2D eigenvalue weighted by Crippen LogP contribution is -2.49. The van der Waals surface area contributed by atoms with Crippen LogP contribution in [0.25, 0.3) is 0 Å². The number of carbonyl (C=O) groups is 2. The third-order valence-corrected chi connectivity index (χ3v) is 6.11. The predicted molar refractivity (Wildman–Crippen MR) is 121 cm³/mol. The lowest BCUT2D eigenvalue weighted by molar-refractivity contribution is -0.140. The monoisotopic (exact) mass is 412 g/mol. The summed E-state index contributed by atoms with van der Waals surface area (Å²) in [4.78, 5) is 28.7. The van der Waals surface area contributed by atoms with Gasteiger partial charge in [0, 0.05) is 29.7 Å². The number of thioether (sulfide) groups is 1. The molecule has 2 aromatic carbocycles. The summed E-state index contributed by atoms with van der Waals surface area (Å²) in [6, 6.07) is 17.7. The summed E-state index contributed by atoms with van der Waals surface area (Å²) >= 11 is 1.66. The van der Waals surface area contributed by atoms with E-state index in [1.165, 1.54) is 0 Å². The van der Waals surface area contributed by atoms with E-state index in [1.54, 1.807) is 16.7 Å². The number of hydrogen-bond donors (Lipinski definition) is 1. The molecule has 0 aliphatic carbocycles. The first kappa shape index (κ1) is 23.0. The first-order valence-corrected chi connectivity index (χ1v) is 11.2. The fourth-order valence-corrected chi connectivity index (χ4v) is 3.80. The van der Waals surface area contributed by atoms with Crippen LogP contribution in [0.1, 0.15) is 44.7 Å². The second-order valence-corrected chi connectivity index (χ2v) is 8.52. The Labute approximate surface area is 179 Å². The highest BCUT2D eigenvalue weighted by molar-refractivity contribution is 7.99. The van der Waals surface area contributed by atoms with Gasteiger partial charge in [-0.1, -0.05) is 49.4 Å². The van der Waals surface area contributed by atoms with Crippen LogP contribution < -0.4 is 5.32 Å². The van der Waals surface area contributed by atoms with Crippen molar-refractivity contribution in [3.8, 4) is 0 Å². The van der Waals surface area contributed by atoms with Crippen molar-refractivity contribution in [2.75, 3.05) is 5.75 Å². The quantitative estimate of drug-likeness (QED) is 0.570. The van der Waals surface area contributed by atoms with Gasteiger partial charge < -0.3 is 10.2 Å². The first-order valence-electron chi connectivity index (χ1n) is 10.2. The lowest BCUT2D eigenvalue weighted by atomic mass is 10.1. The van der Waals surface area contributed by atoms with Gasteiger partial charge in [0.15, 0.2) is 0 Å². The number of benzene rings is 2. The van der Waals surface area contributed by atoms with Crippen molar-refractivity contribution in [3.63, 3.8) is 0 Å². The van der Waals surface area contributed by atoms with Crippen molar-refractivity contribution in [3.05, 3.63) is 65.7 Å². The van der Waals surface area contributed by atoms with Crippen LogP contribution in [0.15, 0.2) is 59.5 Å². The zero-order chi connectivity index (χ0) is 21.2. The molecule has 0 aliphatic rings. The van der Waals surface area contributed by atoms with Crippen molar-refractivity contribution in [2.24, 2.45) is 0 Å². The van der Waals surface area contributed by atoms with Gasteiger partial charge in [0.25, 0.3) is 0 Å². The fourth-order valence-electron chi connectivity index (χ4n) is 2.94. The Balaban J connectivity index is 2.08. The average molecular weight is 413 g/mol. The molecule has 2 aromatic rings. The number of hydrogen-bond acceptors (Lipinski definition) is 3. The lowest BCUT2D eigenvalue weighted by Gasteiger charge is -2.30. The summed E-state index contributed by atoms with van der Waals surface area (Å²) in [6.45, 7) is 8.31. The molecule has 4 nitrogen and oxygen atoms in total. The van der Waals surface area contributed by atoms with Gasteiger partial charge >= 0.3 is 0 Å². The van der Waals surface area contributed by atoms with Crippen molar-refractivity contribution in [2.45, 2.75) is 64.1 Å². The van der Waals surface area contributed by atoms with E-state index < -0.39 is 6.04 Å². The summed E-state index contributed by atoms with van der Waals surface area (Å²) in [5.41, 5.74) is 2.19. The topological polar surface area (TPSA) is 49.4 Å². The minimum Gasteiger partial charge on any atom is -0.352 e. The second kappa shape index (κ2) is 11.7. The molecule has 0 aromatic heterocycles. The number of aryl methyl sites for hydroxylation is 1. The molecule has 0 saturated heterocycles. The molecule has 0 bridgehead atoms. The summed E-state index contributed by atoms with van der Waals surface area (Å²) in [5, 5.41) is 3.01. The van der Waals surface area contributed by atoms with Gasteiger partial charge in [-0.25, -0.2) is 0 Å². The molecule has 2 atom stereocenters. The van der Waals surface area contributed by atoms with Crippen LogP contribution in [0, 0.1) is 6.92 Å². The van der Waals surface area contributed by atoms with E-state index >= 15 is 0 Å². The Morgan fingerprint density at radius 1 is 1.03 bits per heavy atom. The second-order valence-electron chi connectivity index (χ2n) is 7.35. The molecule has 156 valence electrons. The number of amides is 2. The molecule has 0 saturated carbocycles. The van der Waals surface area contributed by atoms with Gasteiger partial charge in [-0.05, 0) is 50.5 Å². The number of rotatable bonds is 10. The standard InChI is InChI=1S/C24H32N2O2S/c1-5-19(3)25-24(28)20(4)26(17-21-12-10-9-11-18(21)2)23(27)15-16-29-22-13-7-6-8-14-22/h6-14,19-20H,5,15-17H2,1-4H3,(H,25,28)/t19-,20+/m0/s1. The molecule has 5 heteroatoms. The summed E-state index contributed by atoms with van der Waals surface area (Å²) in [7, 11) is 0. The zero-order valence-corrected chi connectivity index (χ0v) is 18.7. The maximum absolute atomic E-state index is 13.1. The van der Waals surface area contributed by atoms with Crippen LogP contribution in [0.5, 0.6) is 0 Å². The minimum atomic E-state index is -0.516. The maximum Gasteiger partial charge on any atom is 0.242 e. The van der Waals surface area contributed by atoms with Gasteiger partial charge in [0.2, 0.25) is 11.8 Å². The predicted octanol–water partition coefficient (Wildman–Crippen LogP) is 4.81. The molecule has 2 amide bonds. The van der Waals surface area contributed by atoms with Crippen molar-refractivity contribution in [1.29, 1.82) is 0 Å². The number of carbonyl (C=O) groups excluding carboxylic acids is 2. The van der Waals surface area contributed by atoms with E-state index in [9.17, 15) is 9.59 Å². The SMILES string of the molecule is CC[C@H](C)NC(=O)[C@@H](C)N(Cc1ccccc1C)C(=O)CCSc1ccccc1. The largest absolute Gasteiger partial charge is 0.352 e. The number of nitrogens with one attached hydrogen (secondary N) is 1. The van der Waals surface area contributed by atoms with E-state index in [2.05, 4.69) is 5.32 Å². The van der Waals surface area contributed by atoms with Crippen LogP contribution in [-0.4, -0.2) is 34.6 Å². The molecule has 0 heterocycles. The molecule has 0 radical (unpaired) electrons. The van der Waals surface area contributed by atoms with Crippen molar-refractivity contribution in [1.82, 2.24) is 10.2 Å². The summed E-state index contributed by atoms with van der Waals surface area (Å²) < 4.78 is 0. The smallest absolute Gasteiger partial charge is 0.242 e. The third kappa shape index (κ3) is 7.24. The molecule has 1 N–H and O–H groups in total. The highest BCUT2D eigenvalue weighted by atomic mass is 32.2. The van der Waals surface area contributed by atoms with Gasteiger partial charge in [-0.2, -0.15) is 0 Å². The average Bonchev–Trinajstić information content (AvgIpc) is 2.73. The highest BCUT2D eigenvalue weighted by Gasteiger charge is 2.26. The molecule has 0 aliphatic heterocycles. The normalized spacial score (nSPS) is 12.8. The zero-order valence-electron chi connectivity index (χ0n) is 17.9. The molecular formula is C24H32N2O2S. The summed E-state index contributed by atoms with van der Waals surface area (Å²) in [5.74, 6) is 0.591. The Kier molecular flexibility index (Phi) is 9.26. The van der Waals surface area contributed by atoms with Gasteiger partial charge in [0.1, 0.15) is 6.04 Å². The van der Waals surface area contributed by atoms with Crippen LogP contribution in [0.4, 0.5) is 0 Å². The van der Waals surface area contributed by atoms with Gasteiger partial charge in [0.05, 0.1) is 0 Å². The van der Waals surface area contributed by atoms with Crippen LogP contribution in [0.2, 0.25) is 0 Å². The molecule has 2 rings (SSSR count). The Bertz CT molecular complexity index is 794. The Hall–Kier alpha value is -2.27. The van der Waals surface area contributed by atoms with Gasteiger partial charge in [-0.15, -0.1) is 11.8 Å². The molecule has 0 unspecified atom stereocenters. The highest BCUT2D eigenvalue weighted by Crippen LogP contribution is 2.20. The van der Waals surface area contributed by atoms with E-state index in [4.69, 9.17) is 0 Å². The number of nitrogens with zero attached hydrogens (tertiary/aromatic N) is 1. The van der Waals surface area contributed by atoms with Crippen LogP contribution >= 0.6 is 11.8 Å². The van der Waals surface area contributed by atoms with Crippen LogP contribution in [-0.2, 0) is 16.1 Å². The fraction of sp³-hybridized carbons (Fsp3) is 0.417. The molecule has 29 heavy (non-hydrogen) atoms. The maximum atomic E-state index is 13.1. The molecular weight excluding hydrogens is 380 g/mol. The van der Waals surface area contributed by atoms with E-state index in [0.717, 1.165) is 22.4 Å². The molecule has 0 spiro atoms. The third-order valence-electron chi connectivity index (χ3n) is 5.10. The van der Waals surface area contributed by atoms with E-state index in [1.807, 2.05) is 82.3 Å². The van der Waals surface area contributed by atoms with Gasteiger partial charge in [-0.3, -0.25) is 9.59 Å². The van der Waals surface area contributed by atoms with Crippen LogP contribution in [0.3, 0.4) is 0 Å². The minimum absolute atomic E-state index is 0.00323. The molecule has 0 fully saturated rings. The first-order chi connectivity index (χ1) is 13.9. The van der Waals surface area contributed by atoms with E-state index in [0.29, 0.717) is 18.7 Å². The van der Waals surface area contributed by atoms with E-state index in [-0.39, 0.29) is 17.9 Å².